The normalized spacial score (nSPS) is 18.4. The number of carboxylic acids is 1. The van der Waals surface area contributed by atoms with Crippen LogP contribution in [0.2, 0.25) is 0 Å². The summed E-state index contributed by atoms with van der Waals surface area (Å²) in [5, 5.41) is 9.33. The SMILES string of the molecule is CC(C)(C(=O)N1c2ccccc2CC1C(=O)O)S(C)(=O)=O. The topological polar surface area (TPSA) is 91.8 Å². The quantitative estimate of drug-likeness (QED) is 0.893. The van der Waals surface area contributed by atoms with Crippen molar-refractivity contribution in [2.24, 2.45) is 0 Å². The minimum absolute atomic E-state index is 0.178. The van der Waals surface area contributed by atoms with Crippen LogP contribution >= 0.6 is 0 Å². The van der Waals surface area contributed by atoms with Crippen LogP contribution in [-0.2, 0) is 25.8 Å². The molecule has 0 bridgehead atoms. The molecule has 0 fully saturated rings. The van der Waals surface area contributed by atoms with E-state index in [4.69, 9.17) is 0 Å². The third kappa shape index (κ3) is 2.42. The molecule has 0 aliphatic carbocycles. The van der Waals surface area contributed by atoms with Crippen LogP contribution in [0.5, 0.6) is 0 Å². The van der Waals surface area contributed by atoms with Gasteiger partial charge in [-0.05, 0) is 25.5 Å². The molecule has 1 N–H and O–H groups in total. The maximum Gasteiger partial charge on any atom is 0.327 e. The zero-order valence-electron chi connectivity index (χ0n) is 12.0. The summed E-state index contributed by atoms with van der Waals surface area (Å²) >= 11 is 0. The van der Waals surface area contributed by atoms with Crippen LogP contribution in [-0.4, -0.2) is 42.4 Å². The number of amides is 1. The number of hydrogen-bond acceptors (Lipinski definition) is 4. The molecule has 1 aromatic carbocycles. The summed E-state index contributed by atoms with van der Waals surface area (Å²) in [4.78, 5) is 25.2. The smallest absolute Gasteiger partial charge is 0.327 e. The minimum Gasteiger partial charge on any atom is -0.480 e. The molecule has 6 nitrogen and oxygen atoms in total. The van der Waals surface area contributed by atoms with Gasteiger partial charge in [0.25, 0.3) is 0 Å². The van der Waals surface area contributed by atoms with Gasteiger partial charge in [-0.2, -0.15) is 0 Å². The molecule has 1 amide bonds. The monoisotopic (exact) mass is 311 g/mol. The summed E-state index contributed by atoms with van der Waals surface area (Å²) in [5.74, 6) is -1.87. The number of anilines is 1. The summed E-state index contributed by atoms with van der Waals surface area (Å²) in [7, 11) is -3.67. The van der Waals surface area contributed by atoms with Crippen LogP contribution < -0.4 is 4.90 Å². The second-order valence-corrected chi connectivity index (χ2v) is 8.21. The molecule has 0 saturated carbocycles. The van der Waals surface area contributed by atoms with E-state index in [1.165, 1.54) is 13.8 Å². The number of sulfone groups is 1. The lowest BCUT2D eigenvalue weighted by atomic mass is 10.1. The Labute approximate surface area is 123 Å². The van der Waals surface area contributed by atoms with Crippen LogP contribution in [0, 0.1) is 0 Å². The van der Waals surface area contributed by atoms with Gasteiger partial charge < -0.3 is 5.11 Å². The molecular weight excluding hydrogens is 294 g/mol. The van der Waals surface area contributed by atoms with Crippen LogP contribution in [0.3, 0.4) is 0 Å². The van der Waals surface area contributed by atoms with Gasteiger partial charge in [-0.1, -0.05) is 18.2 Å². The van der Waals surface area contributed by atoms with Gasteiger partial charge in [0.2, 0.25) is 5.91 Å². The molecular formula is C14H17NO5S. The Hall–Kier alpha value is -1.89. The first kappa shape index (κ1) is 15.5. The third-order valence-electron chi connectivity index (χ3n) is 3.92. The highest BCUT2D eigenvalue weighted by Crippen LogP contribution is 2.35. The molecule has 1 atom stereocenters. The van der Waals surface area contributed by atoms with Crippen molar-refractivity contribution in [2.45, 2.75) is 31.1 Å². The number of carboxylic acid groups (broad SMARTS) is 1. The average molecular weight is 311 g/mol. The van der Waals surface area contributed by atoms with Gasteiger partial charge in [0, 0.05) is 18.4 Å². The number of para-hydroxylation sites is 1. The molecule has 1 aliphatic rings. The van der Waals surface area contributed by atoms with E-state index in [1.807, 2.05) is 0 Å². The number of fused-ring (bicyclic) bond motifs is 1. The van der Waals surface area contributed by atoms with Crippen molar-refractivity contribution in [1.29, 1.82) is 0 Å². The van der Waals surface area contributed by atoms with Crippen LogP contribution in [0.25, 0.3) is 0 Å². The number of hydrogen-bond donors (Lipinski definition) is 1. The highest BCUT2D eigenvalue weighted by Gasteiger charge is 2.48. The lowest BCUT2D eigenvalue weighted by Gasteiger charge is -2.30. The standard InChI is InChI=1S/C14H17NO5S/c1-14(2,21(3,19)20)13(18)15-10-7-5-4-6-9(10)8-11(15)12(16)17/h4-7,11H,8H2,1-3H3,(H,16,17). The number of carbonyl (C=O) groups is 2. The molecule has 1 heterocycles. The largest absolute Gasteiger partial charge is 0.480 e. The fourth-order valence-corrected chi connectivity index (χ4v) is 2.70. The predicted octanol–water partition coefficient (Wildman–Crippen LogP) is 0.852. The fourth-order valence-electron chi connectivity index (χ4n) is 2.28. The second-order valence-electron chi connectivity index (χ2n) is 5.64. The molecule has 1 aliphatic heterocycles. The Morgan fingerprint density at radius 2 is 1.86 bits per heavy atom. The maximum absolute atomic E-state index is 12.7. The molecule has 0 saturated heterocycles. The van der Waals surface area contributed by atoms with Crippen LogP contribution in [0.15, 0.2) is 24.3 Å². The first-order valence-electron chi connectivity index (χ1n) is 6.41. The minimum atomic E-state index is -3.67. The highest BCUT2D eigenvalue weighted by atomic mass is 32.2. The first-order valence-corrected chi connectivity index (χ1v) is 8.30. The van der Waals surface area contributed by atoms with Crippen molar-refractivity contribution >= 4 is 27.4 Å². The van der Waals surface area contributed by atoms with Crippen molar-refractivity contribution in [3.8, 4) is 0 Å². The lowest BCUT2D eigenvalue weighted by Crippen LogP contribution is -2.54. The molecule has 1 unspecified atom stereocenters. The lowest BCUT2D eigenvalue weighted by molar-refractivity contribution is -0.140. The zero-order chi connectivity index (χ0) is 16.0. The molecule has 114 valence electrons. The van der Waals surface area contributed by atoms with E-state index in [1.54, 1.807) is 24.3 Å². The Morgan fingerprint density at radius 3 is 2.38 bits per heavy atom. The number of benzene rings is 1. The van der Waals surface area contributed by atoms with E-state index in [-0.39, 0.29) is 6.42 Å². The van der Waals surface area contributed by atoms with Crippen LogP contribution in [0.4, 0.5) is 5.69 Å². The van der Waals surface area contributed by atoms with Crippen molar-refractivity contribution < 1.29 is 23.1 Å². The number of aliphatic carboxylic acids is 1. The van der Waals surface area contributed by atoms with Gasteiger partial charge in [0.1, 0.15) is 10.8 Å². The zero-order valence-corrected chi connectivity index (χ0v) is 12.8. The van der Waals surface area contributed by atoms with Crippen LogP contribution in [0.1, 0.15) is 19.4 Å². The summed E-state index contributed by atoms with van der Waals surface area (Å²) in [5.41, 5.74) is 1.19. The molecule has 0 aromatic heterocycles. The summed E-state index contributed by atoms with van der Waals surface area (Å²) in [6.45, 7) is 2.59. The van der Waals surface area contributed by atoms with E-state index in [0.29, 0.717) is 5.69 Å². The molecule has 0 radical (unpaired) electrons. The van der Waals surface area contributed by atoms with E-state index in [9.17, 15) is 23.1 Å². The van der Waals surface area contributed by atoms with Gasteiger partial charge in [-0.25, -0.2) is 13.2 Å². The highest BCUT2D eigenvalue weighted by molar-refractivity contribution is 7.92. The number of rotatable bonds is 3. The van der Waals surface area contributed by atoms with E-state index in [2.05, 4.69) is 0 Å². The fraction of sp³-hybridized carbons (Fsp3) is 0.429. The predicted molar refractivity (Wildman–Crippen MR) is 78.0 cm³/mol. The molecule has 7 heteroatoms. The maximum atomic E-state index is 12.7. The van der Waals surface area contributed by atoms with Gasteiger partial charge in [-0.15, -0.1) is 0 Å². The Morgan fingerprint density at radius 1 is 1.29 bits per heavy atom. The first-order chi connectivity index (χ1) is 9.57. The van der Waals surface area contributed by atoms with Crippen molar-refractivity contribution in [3.63, 3.8) is 0 Å². The van der Waals surface area contributed by atoms with Gasteiger partial charge >= 0.3 is 5.97 Å². The molecule has 2 rings (SSSR count). The second kappa shape index (κ2) is 4.84. The van der Waals surface area contributed by atoms with Gasteiger partial charge in [0.05, 0.1) is 0 Å². The summed E-state index contributed by atoms with van der Waals surface area (Å²) in [6.07, 6.45) is 1.15. The molecule has 21 heavy (non-hydrogen) atoms. The van der Waals surface area contributed by atoms with Gasteiger partial charge in [0.15, 0.2) is 9.84 Å². The van der Waals surface area contributed by atoms with E-state index < -0.39 is 32.5 Å². The Kier molecular flexibility index (Phi) is 3.57. The number of nitrogens with zero attached hydrogens (tertiary/aromatic N) is 1. The molecule has 0 spiro atoms. The third-order valence-corrected chi connectivity index (χ3v) is 5.95. The summed E-state index contributed by atoms with van der Waals surface area (Å²) < 4.78 is 22.0. The number of carbonyl (C=O) groups excluding carboxylic acids is 1. The van der Waals surface area contributed by atoms with E-state index in [0.717, 1.165) is 16.7 Å². The average Bonchev–Trinajstić information content (AvgIpc) is 2.75. The van der Waals surface area contributed by atoms with Gasteiger partial charge in [-0.3, -0.25) is 9.69 Å². The molecule has 1 aromatic rings. The van der Waals surface area contributed by atoms with Crippen molar-refractivity contribution in [1.82, 2.24) is 0 Å². The Bertz CT molecular complexity index is 708. The Balaban J connectivity index is 2.54. The summed E-state index contributed by atoms with van der Waals surface area (Å²) in [6, 6.07) is 5.75. The van der Waals surface area contributed by atoms with Crippen molar-refractivity contribution in [2.75, 3.05) is 11.2 Å². The van der Waals surface area contributed by atoms with Crippen molar-refractivity contribution in [3.05, 3.63) is 29.8 Å². The van der Waals surface area contributed by atoms with E-state index >= 15 is 0 Å².